The number of likely N-dealkylation sites (tertiary alicyclic amines) is 1. The van der Waals surface area contributed by atoms with E-state index < -0.39 is 17.7 Å². The molecule has 1 aromatic heterocycles. The van der Waals surface area contributed by atoms with Crippen molar-refractivity contribution in [3.63, 3.8) is 0 Å². The van der Waals surface area contributed by atoms with Crippen LogP contribution in [0.3, 0.4) is 0 Å². The number of benzene rings is 1. The third kappa shape index (κ3) is 4.12. The van der Waals surface area contributed by atoms with Gasteiger partial charge in [0.05, 0.1) is 24.8 Å². The van der Waals surface area contributed by atoms with Crippen molar-refractivity contribution in [1.29, 1.82) is 0 Å². The van der Waals surface area contributed by atoms with Crippen molar-refractivity contribution in [3.05, 3.63) is 65.0 Å². The van der Waals surface area contributed by atoms with Gasteiger partial charge < -0.3 is 19.5 Å². The maximum Gasteiger partial charge on any atom is 0.295 e. The monoisotopic (exact) mass is 449 g/mol. The molecule has 1 N–H and O–H groups in total. The number of ether oxygens (including phenoxy) is 2. The summed E-state index contributed by atoms with van der Waals surface area (Å²) in [4.78, 5) is 34.2. The van der Waals surface area contributed by atoms with E-state index in [0.717, 1.165) is 30.8 Å². The Bertz CT molecular complexity index is 1090. The Labute approximate surface area is 192 Å². The molecule has 0 radical (unpaired) electrons. The lowest BCUT2D eigenvalue weighted by Gasteiger charge is -2.30. The van der Waals surface area contributed by atoms with Gasteiger partial charge in [-0.05, 0) is 42.3 Å². The Morgan fingerprint density at radius 3 is 2.76 bits per heavy atom. The van der Waals surface area contributed by atoms with Gasteiger partial charge in [-0.15, -0.1) is 0 Å². The molecule has 0 aliphatic carbocycles. The topological polar surface area (TPSA) is 92.2 Å². The number of nitrogens with zero attached hydrogens (tertiary/aromatic N) is 3. The third-order valence-corrected chi connectivity index (χ3v) is 6.47. The first kappa shape index (κ1) is 21.6. The van der Waals surface area contributed by atoms with Crippen molar-refractivity contribution in [2.45, 2.75) is 25.5 Å². The molecule has 0 spiro atoms. The quantitative estimate of drug-likeness (QED) is 0.425. The number of hydrogen-bond donors (Lipinski definition) is 1. The van der Waals surface area contributed by atoms with Gasteiger partial charge in [0.2, 0.25) is 0 Å². The van der Waals surface area contributed by atoms with Crippen molar-refractivity contribution >= 4 is 17.4 Å². The zero-order chi connectivity index (χ0) is 22.9. The zero-order valence-corrected chi connectivity index (χ0v) is 18.6. The lowest BCUT2D eigenvalue weighted by atomic mass is 9.95. The summed E-state index contributed by atoms with van der Waals surface area (Å²) in [5, 5.41) is 11.3. The number of carbonyl (C=O) groups is 2. The molecule has 2 unspecified atom stereocenters. The van der Waals surface area contributed by atoms with E-state index in [-0.39, 0.29) is 17.4 Å². The summed E-state index contributed by atoms with van der Waals surface area (Å²) in [5.74, 6) is -0.655. The van der Waals surface area contributed by atoms with Crippen LogP contribution in [-0.2, 0) is 20.7 Å². The first-order valence-corrected chi connectivity index (χ1v) is 11.3. The summed E-state index contributed by atoms with van der Waals surface area (Å²) in [7, 11) is 0. The average Bonchev–Trinajstić information content (AvgIpc) is 3.34. The van der Waals surface area contributed by atoms with Crippen molar-refractivity contribution in [1.82, 2.24) is 14.8 Å². The SMILES string of the molecule is CC1Cc2cc(C(O)=C3C(=O)C(=O)N(CCN4CCOCC4)C3c3cccnc3)ccc2O1. The van der Waals surface area contributed by atoms with E-state index in [2.05, 4.69) is 9.88 Å². The first-order chi connectivity index (χ1) is 16.0. The number of ketones is 1. The number of fused-ring (bicyclic) bond motifs is 1. The fourth-order valence-corrected chi connectivity index (χ4v) is 4.79. The van der Waals surface area contributed by atoms with E-state index in [1.165, 1.54) is 0 Å². The number of pyridine rings is 1. The fourth-order valence-electron chi connectivity index (χ4n) is 4.79. The van der Waals surface area contributed by atoms with Crippen molar-refractivity contribution in [3.8, 4) is 5.75 Å². The number of morpholine rings is 1. The minimum absolute atomic E-state index is 0.0681. The lowest BCUT2D eigenvalue weighted by molar-refractivity contribution is -0.140. The van der Waals surface area contributed by atoms with Crippen LogP contribution in [0, 0.1) is 0 Å². The number of aromatic nitrogens is 1. The van der Waals surface area contributed by atoms with Crippen LogP contribution in [0.1, 0.15) is 29.7 Å². The van der Waals surface area contributed by atoms with Crippen LogP contribution < -0.4 is 4.74 Å². The van der Waals surface area contributed by atoms with Gasteiger partial charge in [0.1, 0.15) is 17.6 Å². The highest BCUT2D eigenvalue weighted by Crippen LogP contribution is 2.40. The van der Waals surface area contributed by atoms with Crippen LogP contribution in [0.5, 0.6) is 5.75 Å². The third-order valence-electron chi connectivity index (χ3n) is 6.47. The second-order valence-corrected chi connectivity index (χ2v) is 8.69. The Kier molecular flexibility index (Phi) is 5.86. The molecular weight excluding hydrogens is 422 g/mol. The molecule has 0 saturated carbocycles. The fraction of sp³-hybridized carbons (Fsp3) is 0.400. The number of hydrogen-bond acceptors (Lipinski definition) is 7. The smallest absolute Gasteiger partial charge is 0.295 e. The Morgan fingerprint density at radius 1 is 1.18 bits per heavy atom. The second-order valence-electron chi connectivity index (χ2n) is 8.69. The van der Waals surface area contributed by atoms with Gasteiger partial charge in [-0.2, -0.15) is 0 Å². The van der Waals surface area contributed by atoms with E-state index in [9.17, 15) is 14.7 Å². The van der Waals surface area contributed by atoms with Gasteiger partial charge in [-0.1, -0.05) is 6.07 Å². The van der Waals surface area contributed by atoms with Crippen LogP contribution in [0.25, 0.3) is 5.76 Å². The van der Waals surface area contributed by atoms with Crippen LogP contribution in [0.4, 0.5) is 0 Å². The molecule has 5 rings (SSSR count). The average molecular weight is 450 g/mol. The van der Waals surface area contributed by atoms with Gasteiger partial charge in [0.25, 0.3) is 11.7 Å². The normalized spacial score (nSPS) is 24.7. The van der Waals surface area contributed by atoms with E-state index in [4.69, 9.17) is 9.47 Å². The molecule has 172 valence electrons. The number of rotatable bonds is 5. The molecule has 3 aliphatic rings. The molecule has 0 bridgehead atoms. The van der Waals surface area contributed by atoms with Gasteiger partial charge in [0.15, 0.2) is 0 Å². The largest absolute Gasteiger partial charge is 0.507 e. The molecule has 33 heavy (non-hydrogen) atoms. The number of aliphatic hydroxyl groups excluding tert-OH is 1. The summed E-state index contributed by atoms with van der Waals surface area (Å²) in [6.07, 6.45) is 4.09. The maximum absolute atomic E-state index is 13.2. The highest BCUT2D eigenvalue weighted by molar-refractivity contribution is 6.46. The summed E-state index contributed by atoms with van der Waals surface area (Å²) >= 11 is 0. The molecule has 2 atom stereocenters. The Hall–Kier alpha value is -3.23. The zero-order valence-electron chi connectivity index (χ0n) is 18.6. The number of carbonyl (C=O) groups excluding carboxylic acids is 2. The first-order valence-electron chi connectivity index (χ1n) is 11.3. The van der Waals surface area contributed by atoms with Gasteiger partial charge in [-0.25, -0.2) is 0 Å². The summed E-state index contributed by atoms with van der Waals surface area (Å²) in [5.41, 5.74) is 2.28. The maximum atomic E-state index is 13.2. The van der Waals surface area contributed by atoms with Crippen LogP contribution in [0.15, 0.2) is 48.3 Å². The highest BCUT2D eigenvalue weighted by atomic mass is 16.5. The minimum Gasteiger partial charge on any atom is -0.507 e. The van der Waals surface area contributed by atoms with Crippen molar-refractivity contribution in [2.75, 3.05) is 39.4 Å². The van der Waals surface area contributed by atoms with Crippen LogP contribution in [-0.4, -0.2) is 77.1 Å². The van der Waals surface area contributed by atoms with Gasteiger partial charge in [0, 0.05) is 50.6 Å². The predicted octanol–water partition coefficient (Wildman–Crippen LogP) is 2.16. The lowest BCUT2D eigenvalue weighted by Crippen LogP contribution is -2.42. The molecule has 2 aromatic rings. The molecule has 4 heterocycles. The Morgan fingerprint density at radius 2 is 2.00 bits per heavy atom. The van der Waals surface area contributed by atoms with Gasteiger partial charge in [-0.3, -0.25) is 19.5 Å². The summed E-state index contributed by atoms with van der Waals surface area (Å²) in [6.45, 7) is 5.88. The molecule has 1 aromatic carbocycles. The van der Waals surface area contributed by atoms with Crippen LogP contribution >= 0.6 is 0 Å². The summed E-state index contributed by atoms with van der Waals surface area (Å²) < 4.78 is 11.2. The predicted molar refractivity (Wildman–Crippen MR) is 121 cm³/mol. The molecule has 8 nitrogen and oxygen atoms in total. The minimum atomic E-state index is -0.692. The number of Topliss-reactive ketones (excluding diaryl/α,β-unsaturated/α-hetero) is 1. The molecule has 3 aliphatic heterocycles. The molecule has 2 saturated heterocycles. The van der Waals surface area contributed by atoms with E-state index >= 15 is 0 Å². The second kappa shape index (κ2) is 8.96. The highest BCUT2D eigenvalue weighted by Gasteiger charge is 2.46. The summed E-state index contributed by atoms with van der Waals surface area (Å²) in [6, 6.07) is 8.29. The van der Waals surface area contributed by atoms with Gasteiger partial charge >= 0.3 is 0 Å². The number of aliphatic hydroxyl groups is 1. The van der Waals surface area contributed by atoms with Crippen molar-refractivity contribution in [2.24, 2.45) is 0 Å². The molecule has 2 fully saturated rings. The van der Waals surface area contributed by atoms with Crippen LogP contribution in [0.2, 0.25) is 0 Å². The standard InChI is InChI=1S/C25H27N3O5/c1-16-13-19-14-17(4-5-20(19)33-16)23(29)21-22(18-3-2-6-26-15-18)28(25(31)24(21)30)8-7-27-9-11-32-12-10-27/h2-6,14-16,22,29H,7-13H2,1H3. The molecule has 8 heteroatoms. The van der Waals surface area contributed by atoms with E-state index in [1.807, 2.05) is 25.1 Å². The number of amides is 1. The van der Waals surface area contributed by atoms with Crippen molar-refractivity contribution < 1.29 is 24.2 Å². The molecular formula is C25H27N3O5. The van der Waals surface area contributed by atoms with E-state index in [0.29, 0.717) is 37.4 Å². The van der Waals surface area contributed by atoms with E-state index in [1.54, 1.807) is 29.4 Å². The Balaban J connectivity index is 1.51. The molecule has 1 amide bonds.